The Bertz CT molecular complexity index is 707. The normalized spacial score (nSPS) is 15.4. The van der Waals surface area contributed by atoms with Crippen LogP contribution < -0.4 is 5.32 Å². The van der Waals surface area contributed by atoms with Crippen LogP contribution in [0.2, 0.25) is 0 Å². The van der Waals surface area contributed by atoms with Crippen LogP contribution in [0.4, 0.5) is 0 Å². The number of nitrogens with one attached hydrogen (secondary N) is 1. The first-order chi connectivity index (χ1) is 12.5. The summed E-state index contributed by atoms with van der Waals surface area (Å²) in [5, 5.41) is 14.8. The lowest BCUT2D eigenvalue weighted by molar-refractivity contribution is -0.119. The predicted molar refractivity (Wildman–Crippen MR) is 109 cm³/mol. The van der Waals surface area contributed by atoms with E-state index in [1.807, 2.05) is 6.07 Å². The van der Waals surface area contributed by atoms with E-state index in [9.17, 15) is 4.79 Å². The number of aromatic nitrogens is 3. The second kappa shape index (κ2) is 9.04. The van der Waals surface area contributed by atoms with Crippen LogP contribution in [0.1, 0.15) is 58.9 Å². The Labute approximate surface area is 164 Å². The number of hydrogen-bond acceptors (Lipinski definition) is 5. The van der Waals surface area contributed by atoms with Crippen molar-refractivity contribution in [3.63, 3.8) is 0 Å². The number of rotatable bonds is 10. The molecule has 3 rings (SSSR count). The van der Waals surface area contributed by atoms with Crippen molar-refractivity contribution in [2.45, 2.75) is 70.1 Å². The Morgan fingerprint density at radius 2 is 2.15 bits per heavy atom. The van der Waals surface area contributed by atoms with E-state index in [0.29, 0.717) is 11.8 Å². The van der Waals surface area contributed by atoms with Gasteiger partial charge in [-0.3, -0.25) is 9.36 Å². The lowest BCUT2D eigenvalue weighted by Crippen LogP contribution is -2.33. The van der Waals surface area contributed by atoms with Crippen molar-refractivity contribution in [3.05, 3.63) is 17.5 Å². The molecule has 1 aliphatic rings. The molecule has 142 valence electrons. The van der Waals surface area contributed by atoms with Gasteiger partial charge in [-0.2, -0.15) is 0 Å². The zero-order valence-corrected chi connectivity index (χ0v) is 17.4. The summed E-state index contributed by atoms with van der Waals surface area (Å²) in [7, 11) is 0. The molecule has 1 fully saturated rings. The van der Waals surface area contributed by atoms with E-state index < -0.39 is 0 Å². The van der Waals surface area contributed by atoms with Gasteiger partial charge in [-0.15, -0.1) is 21.5 Å². The average molecular weight is 393 g/mol. The number of thiophene rings is 1. The molecule has 26 heavy (non-hydrogen) atoms. The fourth-order valence-electron chi connectivity index (χ4n) is 2.96. The van der Waals surface area contributed by atoms with E-state index in [-0.39, 0.29) is 11.9 Å². The molecule has 0 bridgehead atoms. The van der Waals surface area contributed by atoms with Crippen LogP contribution in [0.3, 0.4) is 0 Å². The van der Waals surface area contributed by atoms with Gasteiger partial charge in [-0.05, 0) is 43.6 Å². The van der Waals surface area contributed by atoms with Gasteiger partial charge < -0.3 is 5.32 Å². The molecule has 1 saturated carbocycles. The van der Waals surface area contributed by atoms with Crippen molar-refractivity contribution in [3.8, 4) is 10.7 Å². The van der Waals surface area contributed by atoms with E-state index in [1.165, 1.54) is 31.0 Å². The number of hydrogen-bond donors (Lipinski definition) is 1. The molecule has 0 spiro atoms. The van der Waals surface area contributed by atoms with E-state index in [2.05, 4.69) is 52.3 Å². The van der Waals surface area contributed by atoms with E-state index >= 15 is 0 Å². The summed E-state index contributed by atoms with van der Waals surface area (Å²) in [6, 6.07) is 4.83. The molecule has 0 saturated heterocycles. The molecule has 2 aromatic heterocycles. The first kappa shape index (κ1) is 19.4. The summed E-state index contributed by atoms with van der Waals surface area (Å²) in [6.07, 6.45) is 5.75. The maximum Gasteiger partial charge on any atom is 0.230 e. The number of nitrogens with zero attached hydrogens (tertiary/aromatic N) is 3. The second-order valence-corrected chi connectivity index (χ2v) is 9.36. The van der Waals surface area contributed by atoms with Gasteiger partial charge in [0.25, 0.3) is 0 Å². The highest BCUT2D eigenvalue weighted by molar-refractivity contribution is 7.99. The minimum atomic E-state index is 0.0788. The Balaban J connectivity index is 1.52. The summed E-state index contributed by atoms with van der Waals surface area (Å²) in [5.74, 6) is 2.13. The van der Waals surface area contributed by atoms with E-state index in [4.69, 9.17) is 0 Å². The topological polar surface area (TPSA) is 59.8 Å². The predicted octanol–water partition coefficient (Wildman–Crippen LogP) is 4.76. The third kappa shape index (κ3) is 5.33. The van der Waals surface area contributed by atoms with Crippen LogP contribution in [0.5, 0.6) is 0 Å². The minimum absolute atomic E-state index is 0.0788. The van der Waals surface area contributed by atoms with Crippen molar-refractivity contribution in [2.24, 2.45) is 5.92 Å². The molecular formula is C19H28N4OS2. The molecule has 5 nitrogen and oxygen atoms in total. The summed E-state index contributed by atoms with van der Waals surface area (Å²) >= 11 is 3.17. The van der Waals surface area contributed by atoms with Crippen LogP contribution in [0.15, 0.2) is 22.7 Å². The van der Waals surface area contributed by atoms with Crippen molar-refractivity contribution in [1.29, 1.82) is 0 Å². The van der Waals surface area contributed by atoms with Crippen LogP contribution >= 0.6 is 23.1 Å². The van der Waals surface area contributed by atoms with Gasteiger partial charge in [0.05, 0.1) is 10.6 Å². The molecule has 2 aromatic rings. The van der Waals surface area contributed by atoms with Crippen LogP contribution in [-0.2, 0) is 4.79 Å². The Kier molecular flexibility index (Phi) is 6.75. The SMILES string of the molecule is CC(C)CCCC(C)NC(=O)CSc1nnc(-c2cccs2)n1C1CC1. The van der Waals surface area contributed by atoms with Crippen molar-refractivity contribution < 1.29 is 4.79 Å². The first-order valence-electron chi connectivity index (χ1n) is 9.45. The molecule has 0 radical (unpaired) electrons. The van der Waals surface area contributed by atoms with Crippen LogP contribution in [0, 0.1) is 5.92 Å². The molecular weight excluding hydrogens is 364 g/mol. The highest BCUT2D eigenvalue weighted by Gasteiger charge is 2.30. The zero-order chi connectivity index (χ0) is 18.5. The van der Waals surface area contributed by atoms with Gasteiger partial charge in [-0.1, -0.05) is 44.5 Å². The number of carbonyl (C=O) groups excluding carboxylic acids is 1. The van der Waals surface area contributed by atoms with E-state index in [1.54, 1.807) is 11.3 Å². The third-order valence-electron chi connectivity index (χ3n) is 4.48. The molecule has 0 aromatic carbocycles. The Morgan fingerprint density at radius 3 is 2.81 bits per heavy atom. The van der Waals surface area contributed by atoms with Crippen molar-refractivity contribution >= 4 is 29.0 Å². The van der Waals surface area contributed by atoms with Gasteiger partial charge in [-0.25, -0.2) is 0 Å². The van der Waals surface area contributed by atoms with Gasteiger partial charge in [0.2, 0.25) is 5.91 Å². The first-order valence-corrected chi connectivity index (χ1v) is 11.3. The fraction of sp³-hybridized carbons (Fsp3) is 0.632. The molecule has 2 heterocycles. The monoisotopic (exact) mass is 392 g/mol. The number of amides is 1. The molecule has 1 atom stereocenters. The quantitative estimate of drug-likeness (QED) is 0.592. The average Bonchev–Trinajstić information content (AvgIpc) is 3.11. The highest BCUT2D eigenvalue weighted by atomic mass is 32.2. The second-order valence-electron chi connectivity index (χ2n) is 7.47. The van der Waals surface area contributed by atoms with E-state index in [0.717, 1.165) is 34.6 Å². The number of thioether (sulfide) groups is 1. The maximum atomic E-state index is 12.3. The molecule has 0 aliphatic heterocycles. The largest absolute Gasteiger partial charge is 0.353 e. The minimum Gasteiger partial charge on any atom is -0.353 e. The van der Waals surface area contributed by atoms with Gasteiger partial charge >= 0.3 is 0 Å². The maximum absolute atomic E-state index is 12.3. The van der Waals surface area contributed by atoms with Crippen LogP contribution in [-0.4, -0.2) is 32.5 Å². The Hall–Kier alpha value is -1.34. The molecule has 1 unspecified atom stereocenters. The standard InChI is InChI=1S/C19H28N4OS2/c1-13(2)6-4-7-14(3)20-17(24)12-26-19-22-21-18(16-8-5-11-25-16)23(19)15-9-10-15/h5,8,11,13-15H,4,6-7,9-10,12H2,1-3H3,(H,20,24). The molecule has 1 aliphatic carbocycles. The summed E-state index contributed by atoms with van der Waals surface area (Å²) in [5.41, 5.74) is 0. The molecule has 7 heteroatoms. The van der Waals surface area contributed by atoms with Crippen LogP contribution in [0.25, 0.3) is 10.7 Å². The number of carbonyl (C=O) groups is 1. The smallest absolute Gasteiger partial charge is 0.230 e. The molecule has 1 N–H and O–H groups in total. The Morgan fingerprint density at radius 1 is 1.35 bits per heavy atom. The summed E-state index contributed by atoms with van der Waals surface area (Å²) < 4.78 is 2.22. The fourth-order valence-corrected chi connectivity index (χ4v) is 4.48. The zero-order valence-electron chi connectivity index (χ0n) is 15.8. The van der Waals surface area contributed by atoms with Crippen molar-refractivity contribution in [1.82, 2.24) is 20.1 Å². The summed E-state index contributed by atoms with van der Waals surface area (Å²) in [6.45, 7) is 6.56. The molecule has 1 amide bonds. The lowest BCUT2D eigenvalue weighted by atomic mass is 10.0. The van der Waals surface area contributed by atoms with Crippen molar-refractivity contribution in [2.75, 3.05) is 5.75 Å². The summed E-state index contributed by atoms with van der Waals surface area (Å²) in [4.78, 5) is 13.4. The van der Waals surface area contributed by atoms with Gasteiger partial charge in [0, 0.05) is 12.1 Å². The lowest BCUT2D eigenvalue weighted by Gasteiger charge is -2.14. The third-order valence-corrected chi connectivity index (χ3v) is 6.29. The van der Waals surface area contributed by atoms with Gasteiger partial charge in [0.1, 0.15) is 0 Å². The highest BCUT2D eigenvalue weighted by Crippen LogP contribution is 2.41. The van der Waals surface area contributed by atoms with Gasteiger partial charge in [0.15, 0.2) is 11.0 Å².